The van der Waals surface area contributed by atoms with Gasteiger partial charge in [0.05, 0.1) is 0 Å². The summed E-state index contributed by atoms with van der Waals surface area (Å²) in [4.78, 5) is 10.5. The van der Waals surface area contributed by atoms with E-state index in [0.29, 0.717) is 0 Å². The molecule has 0 aliphatic carbocycles. The standard InChI is InChI=1S/C9H11BO/c1-2-8-7(6-11)4-3-5-9(8)10/h3-6H,2,10H2,1H3. The molecule has 0 aliphatic rings. The average Bonchev–Trinajstić information content (AvgIpc) is 2.04. The summed E-state index contributed by atoms with van der Waals surface area (Å²) in [5.41, 5.74) is 3.20. The zero-order chi connectivity index (χ0) is 8.27. The fraction of sp³-hybridized carbons (Fsp3) is 0.222. The first-order chi connectivity index (χ1) is 5.29. The number of rotatable bonds is 2. The molecule has 0 spiro atoms. The minimum Gasteiger partial charge on any atom is -0.298 e. The Bertz CT molecular complexity index is 268. The molecule has 0 fully saturated rings. The van der Waals surface area contributed by atoms with Crippen LogP contribution in [0.1, 0.15) is 22.8 Å². The first-order valence-corrected chi connectivity index (χ1v) is 3.83. The van der Waals surface area contributed by atoms with Crippen LogP contribution in [-0.2, 0) is 6.42 Å². The van der Waals surface area contributed by atoms with Crippen LogP contribution in [0.15, 0.2) is 18.2 Å². The monoisotopic (exact) mass is 146 g/mol. The van der Waals surface area contributed by atoms with E-state index in [1.54, 1.807) is 0 Å². The molecule has 0 aliphatic heterocycles. The van der Waals surface area contributed by atoms with E-state index < -0.39 is 0 Å². The summed E-state index contributed by atoms with van der Waals surface area (Å²) in [6.45, 7) is 2.06. The lowest BCUT2D eigenvalue weighted by Gasteiger charge is -2.04. The second-order valence-corrected chi connectivity index (χ2v) is 2.61. The van der Waals surface area contributed by atoms with Crippen molar-refractivity contribution in [2.24, 2.45) is 0 Å². The van der Waals surface area contributed by atoms with E-state index in [4.69, 9.17) is 0 Å². The zero-order valence-electron chi connectivity index (χ0n) is 6.92. The van der Waals surface area contributed by atoms with Gasteiger partial charge in [-0.1, -0.05) is 30.6 Å². The number of hydrogen-bond acceptors (Lipinski definition) is 1. The predicted octanol–water partition coefficient (Wildman–Crippen LogP) is 0.320. The van der Waals surface area contributed by atoms with Crippen LogP contribution in [0.4, 0.5) is 0 Å². The molecule has 0 bridgehead atoms. The van der Waals surface area contributed by atoms with Crippen molar-refractivity contribution in [2.75, 3.05) is 0 Å². The fourth-order valence-corrected chi connectivity index (χ4v) is 1.32. The lowest BCUT2D eigenvalue weighted by atomic mass is 9.87. The molecular weight excluding hydrogens is 135 g/mol. The van der Waals surface area contributed by atoms with Crippen molar-refractivity contribution >= 4 is 19.6 Å². The van der Waals surface area contributed by atoms with Gasteiger partial charge in [-0.15, -0.1) is 0 Å². The van der Waals surface area contributed by atoms with Crippen LogP contribution < -0.4 is 5.46 Å². The molecule has 0 amide bonds. The van der Waals surface area contributed by atoms with E-state index in [0.717, 1.165) is 18.3 Å². The number of hydrogen-bond donors (Lipinski definition) is 0. The minimum absolute atomic E-state index is 0.826. The quantitative estimate of drug-likeness (QED) is 0.433. The van der Waals surface area contributed by atoms with Crippen LogP contribution in [0.3, 0.4) is 0 Å². The van der Waals surface area contributed by atoms with Crippen molar-refractivity contribution in [3.05, 3.63) is 29.3 Å². The first kappa shape index (κ1) is 8.06. The highest BCUT2D eigenvalue weighted by Gasteiger charge is 2.00. The highest BCUT2D eigenvalue weighted by Crippen LogP contribution is 2.02. The lowest BCUT2D eigenvalue weighted by Crippen LogP contribution is -2.11. The Balaban J connectivity index is 3.23. The van der Waals surface area contributed by atoms with Crippen LogP contribution in [0.5, 0.6) is 0 Å². The third-order valence-corrected chi connectivity index (χ3v) is 1.93. The number of benzene rings is 1. The Morgan fingerprint density at radius 1 is 1.55 bits per heavy atom. The van der Waals surface area contributed by atoms with E-state index in [1.165, 1.54) is 11.0 Å². The fourth-order valence-electron chi connectivity index (χ4n) is 1.32. The van der Waals surface area contributed by atoms with Crippen molar-refractivity contribution in [3.8, 4) is 0 Å². The Morgan fingerprint density at radius 3 is 2.73 bits per heavy atom. The van der Waals surface area contributed by atoms with Gasteiger partial charge in [-0.25, -0.2) is 0 Å². The molecule has 0 saturated carbocycles. The Kier molecular flexibility index (Phi) is 2.47. The van der Waals surface area contributed by atoms with Crippen LogP contribution in [0.25, 0.3) is 0 Å². The number of carbonyl (C=O) groups is 1. The van der Waals surface area contributed by atoms with E-state index in [1.807, 2.05) is 26.0 Å². The summed E-state index contributed by atoms with van der Waals surface area (Å²) in [5.74, 6) is 0. The summed E-state index contributed by atoms with van der Waals surface area (Å²) in [6.07, 6.45) is 1.85. The van der Waals surface area contributed by atoms with Gasteiger partial charge in [-0.2, -0.15) is 0 Å². The summed E-state index contributed by atoms with van der Waals surface area (Å²) < 4.78 is 0. The van der Waals surface area contributed by atoms with Gasteiger partial charge >= 0.3 is 0 Å². The molecule has 56 valence electrons. The molecule has 2 heteroatoms. The second-order valence-electron chi connectivity index (χ2n) is 2.61. The van der Waals surface area contributed by atoms with Crippen LogP contribution in [0.2, 0.25) is 0 Å². The molecule has 1 rings (SSSR count). The average molecular weight is 146 g/mol. The number of carbonyl (C=O) groups excluding carboxylic acids is 1. The van der Waals surface area contributed by atoms with Gasteiger partial charge in [0.25, 0.3) is 0 Å². The van der Waals surface area contributed by atoms with Gasteiger partial charge in [-0.05, 0) is 12.0 Å². The van der Waals surface area contributed by atoms with Crippen LogP contribution in [-0.4, -0.2) is 14.1 Å². The Labute approximate surface area is 67.8 Å². The second kappa shape index (κ2) is 3.38. The minimum atomic E-state index is 0.826. The molecule has 11 heavy (non-hydrogen) atoms. The van der Waals surface area contributed by atoms with Gasteiger partial charge < -0.3 is 0 Å². The van der Waals surface area contributed by atoms with Crippen molar-refractivity contribution < 1.29 is 4.79 Å². The van der Waals surface area contributed by atoms with Crippen molar-refractivity contribution in [1.82, 2.24) is 0 Å². The maximum atomic E-state index is 10.5. The zero-order valence-corrected chi connectivity index (χ0v) is 6.92. The third-order valence-electron chi connectivity index (χ3n) is 1.93. The highest BCUT2D eigenvalue weighted by molar-refractivity contribution is 6.33. The van der Waals surface area contributed by atoms with E-state index in [9.17, 15) is 4.79 Å². The molecule has 1 nitrogen and oxygen atoms in total. The summed E-state index contributed by atoms with van der Waals surface area (Å²) in [6, 6.07) is 5.81. The number of aldehydes is 1. The Hall–Kier alpha value is -1.05. The predicted molar refractivity (Wildman–Crippen MR) is 49.4 cm³/mol. The van der Waals surface area contributed by atoms with Crippen LogP contribution in [0, 0.1) is 0 Å². The van der Waals surface area contributed by atoms with Crippen molar-refractivity contribution in [2.45, 2.75) is 13.3 Å². The van der Waals surface area contributed by atoms with Gasteiger partial charge in [0, 0.05) is 5.56 Å². The molecule has 0 radical (unpaired) electrons. The van der Waals surface area contributed by atoms with Gasteiger partial charge in [0.2, 0.25) is 0 Å². The maximum Gasteiger partial charge on any atom is 0.150 e. The van der Waals surface area contributed by atoms with Crippen molar-refractivity contribution in [1.29, 1.82) is 0 Å². The third kappa shape index (κ3) is 1.51. The molecule has 0 heterocycles. The Morgan fingerprint density at radius 2 is 2.27 bits per heavy atom. The van der Waals surface area contributed by atoms with Gasteiger partial charge in [0.1, 0.15) is 14.1 Å². The van der Waals surface area contributed by atoms with E-state index in [2.05, 4.69) is 6.92 Å². The molecular formula is C9H11BO. The summed E-state index contributed by atoms with van der Waals surface area (Å²) in [7, 11) is 2.03. The molecule has 0 saturated heterocycles. The van der Waals surface area contributed by atoms with Crippen molar-refractivity contribution in [3.63, 3.8) is 0 Å². The molecule has 0 atom stereocenters. The molecule has 1 aromatic carbocycles. The molecule has 0 aromatic heterocycles. The molecule has 1 aromatic rings. The van der Waals surface area contributed by atoms with E-state index >= 15 is 0 Å². The van der Waals surface area contributed by atoms with Gasteiger partial charge in [0.15, 0.2) is 0 Å². The SMILES string of the molecule is Bc1cccc(C=O)c1CC. The van der Waals surface area contributed by atoms with Crippen LogP contribution >= 0.6 is 0 Å². The van der Waals surface area contributed by atoms with Gasteiger partial charge in [-0.3, -0.25) is 4.79 Å². The molecule has 0 N–H and O–H groups in total. The highest BCUT2D eigenvalue weighted by atomic mass is 16.1. The lowest BCUT2D eigenvalue weighted by molar-refractivity contribution is 0.112. The smallest absolute Gasteiger partial charge is 0.150 e. The summed E-state index contributed by atoms with van der Waals surface area (Å²) >= 11 is 0. The normalized spacial score (nSPS) is 9.55. The summed E-state index contributed by atoms with van der Waals surface area (Å²) in [5, 5.41) is 0. The van der Waals surface area contributed by atoms with E-state index in [-0.39, 0.29) is 0 Å². The topological polar surface area (TPSA) is 17.1 Å². The first-order valence-electron chi connectivity index (χ1n) is 3.83. The molecule has 0 unspecified atom stereocenters. The largest absolute Gasteiger partial charge is 0.298 e. The maximum absolute atomic E-state index is 10.5.